The number of methoxy groups -OCH3 is 1. The number of ketones is 1. The van der Waals surface area contributed by atoms with Gasteiger partial charge in [-0.25, -0.2) is 0 Å². The predicted molar refractivity (Wildman–Crippen MR) is 93.4 cm³/mol. The fourth-order valence-electron chi connectivity index (χ4n) is 4.33. The third kappa shape index (κ3) is 3.47. The zero-order chi connectivity index (χ0) is 17.1. The van der Waals surface area contributed by atoms with E-state index < -0.39 is 0 Å². The molecule has 24 heavy (non-hydrogen) atoms. The highest BCUT2D eigenvalue weighted by molar-refractivity contribution is 5.94. The largest absolute Gasteiger partial charge is 0.496 e. The van der Waals surface area contributed by atoms with Crippen LogP contribution in [0.15, 0.2) is 18.2 Å². The van der Waals surface area contributed by atoms with Gasteiger partial charge in [0.05, 0.1) is 13.5 Å². The number of hydrogen-bond donors (Lipinski definition) is 0. The lowest BCUT2D eigenvalue weighted by atomic mass is 9.95. The molecule has 1 heterocycles. The van der Waals surface area contributed by atoms with E-state index in [0.717, 1.165) is 24.9 Å². The van der Waals surface area contributed by atoms with Crippen LogP contribution in [-0.4, -0.2) is 36.3 Å². The molecule has 1 saturated heterocycles. The lowest BCUT2D eigenvalue weighted by Crippen LogP contribution is -2.40. The van der Waals surface area contributed by atoms with Crippen LogP contribution < -0.4 is 4.74 Å². The van der Waals surface area contributed by atoms with E-state index in [-0.39, 0.29) is 11.7 Å². The summed E-state index contributed by atoms with van der Waals surface area (Å²) in [6, 6.07) is 5.77. The van der Waals surface area contributed by atoms with Gasteiger partial charge in [-0.3, -0.25) is 9.59 Å². The molecule has 1 saturated carbocycles. The van der Waals surface area contributed by atoms with Crippen molar-refractivity contribution in [3.05, 3.63) is 29.3 Å². The molecule has 1 unspecified atom stereocenters. The van der Waals surface area contributed by atoms with Gasteiger partial charge in [0.1, 0.15) is 5.75 Å². The number of Topliss-reactive ketones (excluding diaryl/α,β-unsaturated/α-hetero) is 1. The van der Waals surface area contributed by atoms with Gasteiger partial charge in [-0.2, -0.15) is 0 Å². The summed E-state index contributed by atoms with van der Waals surface area (Å²) >= 11 is 0. The molecular formula is C20H27NO3. The molecule has 0 aromatic heterocycles. The molecule has 2 aliphatic rings. The van der Waals surface area contributed by atoms with Crippen LogP contribution in [0.25, 0.3) is 0 Å². The van der Waals surface area contributed by atoms with Crippen LogP contribution in [0.3, 0.4) is 0 Å². The van der Waals surface area contributed by atoms with E-state index >= 15 is 0 Å². The number of hydrogen-bond acceptors (Lipinski definition) is 3. The van der Waals surface area contributed by atoms with Gasteiger partial charge in [-0.15, -0.1) is 0 Å². The molecule has 1 aromatic carbocycles. The van der Waals surface area contributed by atoms with Crippen LogP contribution in [0.2, 0.25) is 0 Å². The number of benzene rings is 1. The zero-order valence-corrected chi connectivity index (χ0v) is 14.7. The minimum absolute atomic E-state index is 0.0105. The Balaban J connectivity index is 1.76. The van der Waals surface area contributed by atoms with Crippen LogP contribution in [0, 0.1) is 5.92 Å². The predicted octanol–water partition coefficient (Wildman–Crippen LogP) is 3.62. The normalized spacial score (nSPS) is 21.2. The summed E-state index contributed by atoms with van der Waals surface area (Å²) in [4.78, 5) is 26.6. The first-order chi connectivity index (χ1) is 11.6. The Morgan fingerprint density at radius 1 is 1.17 bits per heavy atom. The summed E-state index contributed by atoms with van der Waals surface area (Å²) in [5, 5.41) is 0. The maximum atomic E-state index is 12.9. The number of ether oxygens (including phenoxy) is 1. The van der Waals surface area contributed by atoms with Gasteiger partial charge in [0.25, 0.3) is 0 Å². The van der Waals surface area contributed by atoms with Crippen molar-refractivity contribution in [2.75, 3.05) is 13.7 Å². The van der Waals surface area contributed by atoms with Crippen molar-refractivity contribution < 1.29 is 14.3 Å². The SMILES string of the molecule is COc1ccc(C(C)=O)cc1CC(=O)N1CCCC1C1CCCC1. The number of nitrogens with zero attached hydrogens (tertiary/aromatic N) is 1. The molecule has 1 aliphatic carbocycles. The number of likely N-dealkylation sites (tertiary alicyclic amines) is 1. The zero-order valence-electron chi connectivity index (χ0n) is 14.7. The molecule has 130 valence electrons. The van der Waals surface area contributed by atoms with Crippen molar-refractivity contribution >= 4 is 11.7 Å². The molecule has 0 spiro atoms. The van der Waals surface area contributed by atoms with E-state index in [1.165, 1.54) is 25.7 Å². The van der Waals surface area contributed by atoms with Crippen molar-refractivity contribution in [1.29, 1.82) is 0 Å². The van der Waals surface area contributed by atoms with E-state index in [1.54, 1.807) is 32.2 Å². The summed E-state index contributed by atoms with van der Waals surface area (Å²) in [5.74, 6) is 1.55. The third-order valence-electron chi connectivity index (χ3n) is 5.59. The van der Waals surface area contributed by atoms with E-state index in [1.807, 2.05) is 0 Å². The van der Waals surface area contributed by atoms with Gasteiger partial charge in [0.15, 0.2) is 5.78 Å². The summed E-state index contributed by atoms with van der Waals surface area (Å²) in [7, 11) is 1.61. The Kier molecular flexibility index (Phi) is 5.22. The lowest BCUT2D eigenvalue weighted by molar-refractivity contribution is -0.132. The number of amides is 1. The molecule has 0 N–H and O–H groups in total. The minimum Gasteiger partial charge on any atom is -0.496 e. The Bertz CT molecular complexity index is 619. The first-order valence-corrected chi connectivity index (χ1v) is 9.07. The highest BCUT2D eigenvalue weighted by Crippen LogP contribution is 2.36. The van der Waals surface area contributed by atoms with Gasteiger partial charge in [-0.1, -0.05) is 12.8 Å². The Hall–Kier alpha value is -1.84. The highest BCUT2D eigenvalue weighted by atomic mass is 16.5. The fraction of sp³-hybridized carbons (Fsp3) is 0.600. The van der Waals surface area contributed by atoms with Crippen LogP contribution in [-0.2, 0) is 11.2 Å². The first-order valence-electron chi connectivity index (χ1n) is 9.07. The molecule has 4 nitrogen and oxygen atoms in total. The topological polar surface area (TPSA) is 46.6 Å². The Morgan fingerprint density at radius 2 is 1.92 bits per heavy atom. The fourth-order valence-corrected chi connectivity index (χ4v) is 4.33. The monoisotopic (exact) mass is 329 g/mol. The van der Waals surface area contributed by atoms with Gasteiger partial charge in [-0.05, 0) is 56.7 Å². The highest BCUT2D eigenvalue weighted by Gasteiger charge is 2.35. The van der Waals surface area contributed by atoms with Crippen molar-refractivity contribution in [3.63, 3.8) is 0 Å². The molecule has 3 rings (SSSR count). The van der Waals surface area contributed by atoms with Crippen molar-refractivity contribution in [1.82, 2.24) is 4.90 Å². The third-order valence-corrected chi connectivity index (χ3v) is 5.59. The average Bonchev–Trinajstić information content (AvgIpc) is 3.25. The summed E-state index contributed by atoms with van der Waals surface area (Å²) in [6.07, 6.45) is 7.69. The number of carbonyl (C=O) groups is 2. The van der Waals surface area contributed by atoms with E-state index in [4.69, 9.17) is 4.74 Å². The van der Waals surface area contributed by atoms with Crippen LogP contribution in [0.4, 0.5) is 0 Å². The summed E-state index contributed by atoms with van der Waals surface area (Å²) in [5.41, 5.74) is 1.44. The Morgan fingerprint density at radius 3 is 2.58 bits per heavy atom. The van der Waals surface area contributed by atoms with E-state index in [2.05, 4.69) is 4.90 Å². The second-order valence-electron chi connectivity index (χ2n) is 7.10. The molecule has 1 amide bonds. The second-order valence-corrected chi connectivity index (χ2v) is 7.10. The van der Waals surface area contributed by atoms with Crippen LogP contribution in [0.1, 0.15) is 61.4 Å². The smallest absolute Gasteiger partial charge is 0.227 e. The molecule has 0 bridgehead atoms. The first kappa shape index (κ1) is 17.0. The molecule has 0 radical (unpaired) electrons. The summed E-state index contributed by atoms with van der Waals surface area (Å²) < 4.78 is 5.39. The van der Waals surface area contributed by atoms with Crippen molar-refractivity contribution in [2.24, 2.45) is 5.92 Å². The van der Waals surface area contributed by atoms with Crippen LogP contribution >= 0.6 is 0 Å². The van der Waals surface area contributed by atoms with Gasteiger partial charge in [0, 0.05) is 23.7 Å². The van der Waals surface area contributed by atoms with E-state index in [9.17, 15) is 9.59 Å². The molecule has 1 aliphatic heterocycles. The molecule has 4 heteroatoms. The maximum Gasteiger partial charge on any atom is 0.227 e. The summed E-state index contributed by atoms with van der Waals surface area (Å²) in [6.45, 7) is 2.42. The lowest BCUT2D eigenvalue weighted by Gasteiger charge is -2.29. The quantitative estimate of drug-likeness (QED) is 0.775. The average molecular weight is 329 g/mol. The molecule has 2 fully saturated rings. The minimum atomic E-state index is 0.0105. The Labute approximate surface area is 144 Å². The van der Waals surface area contributed by atoms with Gasteiger partial charge >= 0.3 is 0 Å². The molecule has 1 atom stereocenters. The van der Waals surface area contributed by atoms with Gasteiger partial charge in [0.2, 0.25) is 5.91 Å². The van der Waals surface area contributed by atoms with Crippen LogP contribution in [0.5, 0.6) is 5.75 Å². The number of carbonyl (C=O) groups excluding carboxylic acids is 2. The molecular weight excluding hydrogens is 302 g/mol. The maximum absolute atomic E-state index is 12.9. The van der Waals surface area contributed by atoms with Crippen molar-refractivity contribution in [2.45, 2.75) is 57.9 Å². The standard InChI is InChI=1S/C20H27NO3/c1-14(22)16-9-10-19(24-2)17(12-16)13-20(23)21-11-5-8-18(21)15-6-3-4-7-15/h9-10,12,15,18H,3-8,11,13H2,1-2H3. The second kappa shape index (κ2) is 7.37. The van der Waals surface area contributed by atoms with Crippen molar-refractivity contribution in [3.8, 4) is 5.75 Å². The van der Waals surface area contributed by atoms with E-state index in [0.29, 0.717) is 29.7 Å². The van der Waals surface area contributed by atoms with Gasteiger partial charge < -0.3 is 9.64 Å². The number of rotatable bonds is 5. The molecule has 1 aromatic rings.